The van der Waals surface area contributed by atoms with Crippen molar-refractivity contribution >= 4 is 23.1 Å². The molecular weight excluding hydrogens is 232 g/mol. The molecule has 88 valence electrons. The molecular formula is C13H14N2OS. The number of rotatable bonds is 2. The number of hydrogen-bond donors (Lipinski definition) is 1. The van der Waals surface area contributed by atoms with Crippen LogP contribution >= 0.6 is 12.2 Å². The molecule has 1 aliphatic carbocycles. The van der Waals surface area contributed by atoms with Crippen molar-refractivity contribution in [1.82, 2.24) is 9.55 Å². The third-order valence-electron chi connectivity index (χ3n) is 3.34. The molecule has 1 aliphatic rings. The van der Waals surface area contributed by atoms with E-state index in [4.69, 9.17) is 12.2 Å². The second-order valence-electron chi connectivity index (χ2n) is 4.53. The second kappa shape index (κ2) is 3.81. The summed E-state index contributed by atoms with van der Waals surface area (Å²) in [5.74, 6) is 0. The van der Waals surface area contributed by atoms with E-state index in [9.17, 15) is 4.79 Å². The Morgan fingerprint density at radius 1 is 1.47 bits per heavy atom. The highest BCUT2D eigenvalue weighted by Gasteiger charge is 2.26. The number of fused-ring (bicyclic) bond motifs is 1. The molecule has 0 aliphatic heterocycles. The van der Waals surface area contributed by atoms with Gasteiger partial charge in [-0.1, -0.05) is 19.1 Å². The molecule has 0 radical (unpaired) electrons. The first-order valence-electron chi connectivity index (χ1n) is 5.98. The van der Waals surface area contributed by atoms with Crippen molar-refractivity contribution < 1.29 is 0 Å². The molecule has 1 saturated carbocycles. The van der Waals surface area contributed by atoms with Gasteiger partial charge in [0.05, 0.1) is 10.9 Å². The summed E-state index contributed by atoms with van der Waals surface area (Å²) in [6.07, 6.45) is 3.03. The number of nitrogens with zero attached hydrogens (tertiary/aromatic N) is 1. The molecule has 0 amide bonds. The van der Waals surface area contributed by atoms with Gasteiger partial charge in [-0.25, -0.2) is 0 Å². The lowest BCUT2D eigenvalue weighted by molar-refractivity contribution is 0.685. The van der Waals surface area contributed by atoms with E-state index in [0.717, 1.165) is 35.7 Å². The summed E-state index contributed by atoms with van der Waals surface area (Å²) in [7, 11) is 0. The van der Waals surface area contributed by atoms with Crippen molar-refractivity contribution in [3.05, 3.63) is 38.9 Å². The zero-order chi connectivity index (χ0) is 12.0. The van der Waals surface area contributed by atoms with E-state index in [-0.39, 0.29) is 5.56 Å². The Labute approximate surface area is 104 Å². The van der Waals surface area contributed by atoms with Gasteiger partial charge in [-0.05, 0) is 43.1 Å². The summed E-state index contributed by atoms with van der Waals surface area (Å²) in [5.41, 5.74) is 2.11. The van der Waals surface area contributed by atoms with Crippen LogP contribution in [0.2, 0.25) is 0 Å². The molecule has 2 aromatic rings. The minimum absolute atomic E-state index is 0.0570. The van der Waals surface area contributed by atoms with E-state index in [2.05, 4.69) is 11.9 Å². The van der Waals surface area contributed by atoms with Gasteiger partial charge in [-0.3, -0.25) is 9.36 Å². The number of aryl methyl sites for hydroxylation is 1. The van der Waals surface area contributed by atoms with Crippen molar-refractivity contribution in [2.24, 2.45) is 0 Å². The first-order chi connectivity index (χ1) is 8.22. The van der Waals surface area contributed by atoms with E-state index < -0.39 is 0 Å². The molecule has 0 unspecified atom stereocenters. The Kier molecular flexibility index (Phi) is 2.40. The highest BCUT2D eigenvalue weighted by atomic mass is 32.1. The largest absolute Gasteiger partial charge is 0.331 e. The van der Waals surface area contributed by atoms with Crippen LogP contribution in [-0.4, -0.2) is 9.55 Å². The Bertz CT molecular complexity index is 695. The van der Waals surface area contributed by atoms with Gasteiger partial charge in [0.2, 0.25) is 0 Å². The first-order valence-corrected chi connectivity index (χ1v) is 6.39. The van der Waals surface area contributed by atoms with Gasteiger partial charge in [-0.15, -0.1) is 0 Å². The van der Waals surface area contributed by atoms with Gasteiger partial charge < -0.3 is 4.98 Å². The van der Waals surface area contributed by atoms with Crippen LogP contribution in [0.5, 0.6) is 0 Å². The lowest BCUT2D eigenvalue weighted by atomic mass is 10.1. The maximum absolute atomic E-state index is 12.4. The molecule has 4 heteroatoms. The van der Waals surface area contributed by atoms with Crippen LogP contribution in [0.1, 0.15) is 31.4 Å². The first kappa shape index (κ1) is 10.7. The molecule has 0 spiro atoms. The standard InChI is InChI=1S/C13H14N2OS/c1-2-8-4-3-5-10-11(8)14-13(17)15(12(10)16)9-6-7-9/h3-5,9H,2,6-7H2,1H3,(H,14,17). The fourth-order valence-corrected chi connectivity index (χ4v) is 2.61. The van der Waals surface area contributed by atoms with Crippen LogP contribution < -0.4 is 5.56 Å². The summed E-state index contributed by atoms with van der Waals surface area (Å²) in [6.45, 7) is 2.08. The fourth-order valence-electron chi connectivity index (χ4n) is 2.27. The van der Waals surface area contributed by atoms with Gasteiger partial charge in [0, 0.05) is 6.04 Å². The number of para-hydroxylation sites is 1. The molecule has 3 nitrogen and oxygen atoms in total. The highest BCUT2D eigenvalue weighted by molar-refractivity contribution is 7.71. The Hall–Kier alpha value is -1.42. The van der Waals surface area contributed by atoms with Crippen LogP contribution in [0, 0.1) is 4.77 Å². The third kappa shape index (κ3) is 1.63. The third-order valence-corrected chi connectivity index (χ3v) is 3.64. The average molecular weight is 246 g/mol. The van der Waals surface area contributed by atoms with Gasteiger partial charge >= 0.3 is 0 Å². The van der Waals surface area contributed by atoms with Crippen LogP contribution in [-0.2, 0) is 6.42 Å². The van der Waals surface area contributed by atoms with Gasteiger partial charge in [0.25, 0.3) is 5.56 Å². The lowest BCUT2D eigenvalue weighted by Crippen LogP contribution is -2.21. The van der Waals surface area contributed by atoms with E-state index in [1.165, 1.54) is 0 Å². The minimum atomic E-state index is 0.0570. The topological polar surface area (TPSA) is 37.8 Å². The molecule has 17 heavy (non-hydrogen) atoms. The quantitative estimate of drug-likeness (QED) is 0.827. The number of nitrogens with one attached hydrogen (secondary N) is 1. The molecule has 0 bridgehead atoms. The molecule has 1 aromatic heterocycles. The number of benzene rings is 1. The normalized spacial score (nSPS) is 15.4. The SMILES string of the molecule is CCc1cccc2c(=O)n(C3CC3)c(=S)[nH]c12. The molecule has 3 rings (SSSR count). The Morgan fingerprint density at radius 2 is 2.24 bits per heavy atom. The van der Waals surface area contributed by atoms with Crippen LogP contribution in [0.25, 0.3) is 10.9 Å². The lowest BCUT2D eigenvalue weighted by Gasteiger charge is -2.08. The monoisotopic (exact) mass is 246 g/mol. The van der Waals surface area contributed by atoms with Crippen molar-refractivity contribution in [3.63, 3.8) is 0 Å². The minimum Gasteiger partial charge on any atom is -0.331 e. The number of hydrogen-bond acceptors (Lipinski definition) is 2. The van der Waals surface area contributed by atoms with Crippen molar-refractivity contribution in [2.75, 3.05) is 0 Å². The van der Waals surface area contributed by atoms with Gasteiger partial charge in [-0.2, -0.15) is 0 Å². The summed E-state index contributed by atoms with van der Waals surface area (Å²) in [6, 6.07) is 6.17. The zero-order valence-corrected chi connectivity index (χ0v) is 10.5. The van der Waals surface area contributed by atoms with Crippen LogP contribution in [0.4, 0.5) is 0 Å². The van der Waals surface area contributed by atoms with Gasteiger partial charge in [0.1, 0.15) is 0 Å². The molecule has 0 saturated heterocycles. The van der Waals surface area contributed by atoms with Crippen molar-refractivity contribution in [2.45, 2.75) is 32.2 Å². The predicted molar refractivity (Wildman–Crippen MR) is 71.0 cm³/mol. The smallest absolute Gasteiger partial charge is 0.262 e. The Morgan fingerprint density at radius 3 is 2.88 bits per heavy atom. The summed E-state index contributed by atoms with van der Waals surface area (Å²) < 4.78 is 2.29. The number of aromatic amines is 1. The fraction of sp³-hybridized carbons (Fsp3) is 0.385. The van der Waals surface area contributed by atoms with E-state index in [1.54, 1.807) is 4.57 Å². The Balaban J connectivity index is 2.43. The summed E-state index contributed by atoms with van der Waals surface area (Å²) >= 11 is 5.30. The number of aromatic nitrogens is 2. The number of H-pyrrole nitrogens is 1. The second-order valence-corrected chi connectivity index (χ2v) is 4.92. The predicted octanol–water partition coefficient (Wildman–Crippen LogP) is 2.96. The van der Waals surface area contributed by atoms with Crippen molar-refractivity contribution in [3.8, 4) is 0 Å². The zero-order valence-electron chi connectivity index (χ0n) is 9.69. The van der Waals surface area contributed by atoms with E-state index in [0.29, 0.717) is 10.8 Å². The summed E-state index contributed by atoms with van der Waals surface area (Å²) in [4.78, 5) is 15.6. The van der Waals surface area contributed by atoms with Crippen molar-refractivity contribution in [1.29, 1.82) is 0 Å². The van der Waals surface area contributed by atoms with Crippen LogP contribution in [0.3, 0.4) is 0 Å². The van der Waals surface area contributed by atoms with E-state index in [1.807, 2.05) is 18.2 Å². The highest BCUT2D eigenvalue weighted by Crippen LogP contribution is 2.33. The molecule has 1 N–H and O–H groups in total. The maximum atomic E-state index is 12.4. The molecule has 1 fully saturated rings. The van der Waals surface area contributed by atoms with E-state index >= 15 is 0 Å². The summed E-state index contributed by atoms with van der Waals surface area (Å²) in [5, 5.41) is 0.754. The molecule has 1 heterocycles. The average Bonchev–Trinajstić information content (AvgIpc) is 3.13. The molecule has 1 aromatic carbocycles. The van der Waals surface area contributed by atoms with Gasteiger partial charge in [0.15, 0.2) is 4.77 Å². The van der Waals surface area contributed by atoms with Crippen LogP contribution in [0.15, 0.2) is 23.0 Å². The molecule has 0 atom stereocenters. The maximum Gasteiger partial charge on any atom is 0.262 e.